The van der Waals surface area contributed by atoms with Crippen LogP contribution in [0.15, 0.2) is 36.5 Å². The molecule has 78 heavy (non-hydrogen) atoms. The molecule has 2 atom stereocenters. The Kier molecular flexibility index (Phi) is 58.7. The molecule has 0 aliphatic heterocycles. The summed E-state index contributed by atoms with van der Waals surface area (Å²) in [4.78, 5) is 37.4. The van der Waals surface area contributed by atoms with E-state index in [9.17, 15) is 19.5 Å². The van der Waals surface area contributed by atoms with Crippen LogP contribution in [0.25, 0.3) is 0 Å². The van der Waals surface area contributed by atoms with E-state index in [1.807, 2.05) is 21.1 Å². The Morgan fingerprint density at radius 1 is 0.397 bits per heavy atom. The van der Waals surface area contributed by atoms with Crippen molar-refractivity contribution in [2.24, 2.45) is 0 Å². The van der Waals surface area contributed by atoms with Crippen LogP contribution in [0, 0.1) is 0 Å². The van der Waals surface area contributed by atoms with E-state index in [4.69, 9.17) is 18.9 Å². The standard InChI is InChI=1S/C69H129NO8/c1-6-8-10-12-14-16-18-20-22-23-24-25-26-27-28-29-30-31-32-33-34-35-36-37-38-39-40-41-42-43-44-46-47-49-51-53-55-57-59-66(71)76-63-65(64-77-69(68(73)74)75-62-61-70(3,4)5)78-67(72)60-58-56-54-52-50-48-45-21-19-17-15-13-11-9-7-2/h9,11,15,17,21,45,65,69H,6-8,10,12-14,16,18-20,22-44,46-64H2,1-5H3/p+1/b11-9-,17-15-,45-21-. The lowest BCUT2D eigenvalue weighted by atomic mass is 10.0. The van der Waals surface area contributed by atoms with E-state index in [1.54, 1.807) is 0 Å². The molecular formula is C69H130NO8+. The number of quaternary nitrogens is 1. The zero-order valence-electron chi connectivity index (χ0n) is 52.3. The summed E-state index contributed by atoms with van der Waals surface area (Å²) in [5.74, 6) is -2.01. The number of ether oxygens (including phenoxy) is 4. The van der Waals surface area contributed by atoms with Crippen LogP contribution in [0.2, 0.25) is 0 Å². The van der Waals surface area contributed by atoms with Crippen molar-refractivity contribution in [2.75, 3.05) is 47.5 Å². The molecule has 0 fully saturated rings. The average molecular weight is 1100 g/mol. The fourth-order valence-corrected chi connectivity index (χ4v) is 10.0. The normalized spacial score (nSPS) is 12.9. The third kappa shape index (κ3) is 61.1. The van der Waals surface area contributed by atoms with Gasteiger partial charge < -0.3 is 28.5 Å². The number of nitrogens with zero attached hydrogens (tertiary/aromatic N) is 1. The van der Waals surface area contributed by atoms with Gasteiger partial charge in [-0.15, -0.1) is 0 Å². The molecule has 0 radical (unpaired) electrons. The molecule has 9 heteroatoms. The number of carbonyl (C=O) groups is 3. The largest absolute Gasteiger partial charge is 0.477 e. The number of carboxylic acid groups (broad SMARTS) is 1. The molecular weight excluding hydrogens is 971 g/mol. The molecule has 9 nitrogen and oxygen atoms in total. The van der Waals surface area contributed by atoms with Gasteiger partial charge >= 0.3 is 17.9 Å². The molecule has 0 saturated heterocycles. The molecule has 0 aromatic rings. The Balaban J connectivity index is 3.91. The lowest BCUT2D eigenvalue weighted by Crippen LogP contribution is -2.40. The highest BCUT2D eigenvalue weighted by atomic mass is 16.7. The Hall–Kier alpha value is -2.49. The second kappa shape index (κ2) is 60.6. The third-order valence-electron chi connectivity index (χ3n) is 15.2. The maximum absolute atomic E-state index is 12.8. The predicted molar refractivity (Wildman–Crippen MR) is 332 cm³/mol. The maximum atomic E-state index is 12.8. The first-order valence-corrected chi connectivity index (χ1v) is 33.7. The van der Waals surface area contributed by atoms with Crippen molar-refractivity contribution in [1.82, 2.24) is 0 Å². The number of carboxylic acids is 1. The summed E-state index contributed by atoms with van der Waals surface area (Å²) in [5, 5.41) is 9.70. The smallest absolute Gasteiger partial charge is 0.361 e. The summed E-state index contributed by atoms with van der Waals surface area (Å²) >= 11 is 0. The molecule has 0 aromatic heterocycles. The van der Waals surface area contributed by atoms with Crippen molar-refractivity contribution in [3.05, 3.63) is 36.5 Å². The summed E-state index contributed by atoms with van der Waals surface area (Å²) in [6.45, 7) is 4.79. The van der Waals surface area contributed by atoms with Gasteiger partial charge in [0.05, 0.1) is 34.4 Å². The number of likely N-dealkylation sites (N-methyl/N-ethyl adjacent to an activating group) is 1. The number of hydrogen-bond acceptors (Lipinski definition) is 7. The van der Waals surface area contributed by atoms with Gasteiger partial charge in [-0.25, -0.2) is 4.79 Å². The molecule has 0 saturated carbocycles. The number of hydrogen-bond donors (Lipinski definition) is 1. The van der Waals surface area contributed by atoms with Gasteiger partial charge in [0.15, 0.2) is 6.10 Å². The van der Waals surface area contributed by atoms with Crippen molar-refractivity contribution in [3.63, 3.8) is 0 Å². The van der Waals surface area contributed by atoms with Crippen LogP contribution in [-0.2, 0) is 33.3 Å². The quantitative estimate of drug-likeness (QED) is 0.0211. The van der Waals surface area contributed by atoms with Gasteiger partial charge in [-0.2, -0.15) is 0 Å². The average Bonchev–Trinajstić information content (AvgIpc) is 3.41. The Bertz CT molecular complexity index is 1370. The number of rotatable bonds is 63. The summed E-state index contributed by atoms with van der Waals surface area (Å²) in [5.41, 5.74) is 0. The van der Waals surface area contributed by atoms with Gasteiger partial charge in [-0.3, -0.25) is 9.59 Å². The number of aliphatic carboxylic acids is 1. The minimum atomic E-state index is -1.51. The lowest BCUT2D eigenvalue weighted by Gasteiger charge is -2.25. The molecule has 0 spiro atoms. The summed E-state index contributed by atoms with van der Waals surface area (Å²) in [6.07, 6.45) is 72.9. The molecule has 0 bridgehead atoms. The molecule has 0 aliphatic rings. The molecule has 2 unspecified atom stereocenters. The molecule has 1 N–H and O–H groups in total. The number of unbranched alkanes of at least 4 members (excludes halogenated alkanes) is 42. The highest BCUT2D eigenvalue weighted by Crippen LogP contribution is 2.19. The van der Waals surface area contributed by atoms with Crippen LogP contribution in [-0.4, -0.2) is 87.4 Å². The van der Waals surface area contributed by atoms with Crippen LogP contribution in [0.3, 0.4) is 0 Å². The van der Waals surface area contributed by atoms with Crippen molar-refractivity contribution in [1.29, 1.82) is 0 Å². The first-order chi connectivity index (χ1) is 38.1. The molecule has 0 heterocycles. The SMILES string of the molecule is CC/C=C\C/C=C\C/C=C\CCCCCCCC(=O)OC(COC(=O)CCCCCCCCCCCCCCCCCCCCCCCCCCCCCCCCCCCCCCCC)COC(OCC[N+](C)(C)C)C(=O)O. The van der Waals surface area contributed by atoms with E-state index >= 15 is 0 Å². The van der Waals surface area contributed by atoms with Gasteiger partial charge in [0.1, 0.15) is 13.2 Å². The number of esters is 2. The zero-order chi connectivity index (χ0) is 56.9. The predicted octanol–water partition coefficient (Wildman–Crippen LogP) is 20.4. The first kappa shape index (κ1) is 75.5. The van der Waals surface area contributed by atoms with E-state index in [1.165, 1.54) is 225 Å². The Morgan fingerprint density at radius 3 is 1.09 bits per heavy atom. The minimum absolute atomic E-state index is 0.185. The van der Waals surface area contributed by atoms with Crippen LogP contribution < -0.4 is 0 Å². The van der Waals surface area contributed by atoms with E-state index in [0.29, 0.717) is 23.9 Å². The fourth-order valence-electron chi connectivity index (χ4n) is 10.0. The Labute approximate surface area is 483 Å². The highest BCUT2D eigenvalue weighted by molar-refractivity contribution is 5.71. The monoisotopic (exact) mass is 1100 g/mol. The van der Waals surface area contributed by atoms with Crippen molar-refractivity contribution in [2.45, 2.75) is 341 Å². The first-order valence-electron chi connectivity index (χ1n) is 33.7. The summed E-state index contributed by atoms with van der Waals surface area (Å²) in [7, 11) is 5.97. The van der Waals surface area contributed by atoms with Gasteiger partial charge in [0.25, 0.3) is 6.29 Å². The molecule has 458 valence electrons. The van der Waals surface area contributed by atoms with Crippen molar-refractivity contribution < 1.29 is 42.9 Å². The zero-order valence-corrected chi connectivity index (χ0v) is 52.3. The second-order valence-electron chi connectivity index (χ2n) is 24.1. The highest BCUT2D eigenvalue weighted by Gasteiger charge is 2.25. The third-order valence-corrected chi connectivity index (χ3v) is 15.2. The number of allylic oxidation sites excluding steroid dienone is 6. The van der Waals surface area contributed by atoms with Gasteiger partial charge in [0.2, 0.25) is 0 Å². The molecule has 0 aliphatic carbocycles. The second-order valence-corrected chi connectivity index (χ2v) is 24.1. The van der Waals surface area contributed by atoms with E-state index in [-0.39, 0.29) is 32.2 Å². The summed E-state index contributed by atoms with van der Waals surface area (Å²) < 4.78 is 22.9. The lowest BCUT2D eigenvalue weighted by molar-refractivity contribution is -0.870. The molecule has 0 aromatic carbocycles. The number of carbonyl (C=O) groups excluding carboxylic acids is 2. The van der Waals surface area contributed by atoms with E-state index < -0.39 is 24.3 Å². The van der Waals surface area contributed by atoms with Crippen LogP contribution in [0.5, 0.6) is 0 Å². The van der Waals surface area contributed by atoms with Crippen LogP contribution in [0.1, 0.15) is 328 Å². The topological polar surface area (TPSA) is 108 Å². The minimum Gasteiger partial charge on any atom is -0.477 e. The van der Waals surface area contributed by atoms with E-state index in [2.05, 4.69) is 50.3 Å². The van der Waals surface area contributed by atoms with Crippen molar-refractivity contribution in [3.8, 4) is 0 Å². The van der Waals surface area contributed by atoms with Crippen LogP contribution in [0.4, 0.5) is 0 Å². The summed E-state index contributed by atoms with van der Waals surface area (Å²) in [6, 6.07) is 0. The fraction of sp³-hybridized carbons (Fsp3) is 0.870. The Morgan fingerprint density at radius 2 is 0.731 bits per heavy atom. The van der Waals surface area contributed by atoms with Crippen LogP contribution >= 0.6 is 0 Å². The van der Waals surface area contributed by atoms with Crippen molar-refractivity contribution >= 4 is 17.9 Å². The van der Waals surface area contributed by atoms with Gasteiger partial charge in [-0.1, -0.05) is 307 Å². The van der Waals surface area contributed by atoms with Gasteiger partial charge in [-0.05, 0) is 44.9 Å². The maximum Gasteiger partial charge on any atom is 0.361 e. The molecule has 0 amide bonds. The molecule has 0 rings (SSSR count). The van der Waals surface area contributed by atoms with E-state index in [0.717, 1.165) is 70.6 Å². The van der Waals surface area contributed by atoms with Gasteiger partial charge in [0, 0.05) is 12.8 Å².